The number of amides is 1. The van der Waals surface area contributed by atoms with Crippen LogP contribution >= 0.6 is 0 Å². The topological polar surface area (TPSA) is 41.1 Å². The van der Waals surface area contributed by atoms with Gasteiger partial charge < -0.3 is 10.6 Å². The summed E-state index contributed by atoms with van der Waals surface area (Å²) in [6.07, 6.45) is 4.35. The third-order valence-corrected chi connectivity index (χ3v) is 2.66. The average molecular weight is 182 g/mol. The van der Waals surface area contributed by atoms with Gasteiger partial charge in [0.2, 0.25) is 5.91 Å². The van der Waals surface area contributed by atoms with Crippen LogP contribution in [0.5, 0.6) is 0 Å². The third kappa shape index (κ3) is 2.02. The second-order valence-corrected chi connectivity index (χ2v) is 4.63. The first-order chi connectivity index (χ1) is 6.12. The number of carbonyl (C=O) groups is 1. The van der Waals surface area contributed by atoms with E-state index in [-0.39, 0.29) is 11.4 Å². The van der Waals surface area contributed by atoms with Gasteiger partial charge in [0.05, 0.1) is 5.54 Å². The Morgan fingerprint density at radius 1 is 1.38 bits per heavy atom. The molecule has 0 heterocycles. The van der Waals surface area contributed by atoms with Crippen molar-refractivity contribution in [2.24, 2.45) is 0 Å². The SMILES string of the molecule is CC(C)NC1(C(=O)NC2CC2)CC1. The van der Waals surface area contributed by atoms with Crippen molar-refractivity contribution in [1.82, 2.24) is 10.6 Å². The van der Waals surface area contributed by atoms with Gasteiger partial charge in [-0.2, -0.15) is 0 Å². The van der Waals surface area contributed by atoms with Crippen molar-refractivity contribution < 1.29 is 4.79 Å². The van der Waals surface area contributed by atoms with Crippen molar-refractivity contribution in [3.05, 3.63) is 0 Å². The number of rotatable bonds is 4. The molecule has 2 N–H and O–H groups in total. The Morgan fingerprint density at radius 2 is 2.00 bits per heavy atom. The second-order valence-electron chi connectivity index (χ2n) is 4.63. The van der Waals surface area contributed by atoms with E-state index in [2.05, 4.69) is 24.5 Å². The predicted octanol–water partition coefficient (Wildman–Crippen LogP) is 0.796. The van der Waals surface area contributed by atoms with Gasteiger partial charge in [0.25, 0.3) is 0 Å². The smallest absolute Gasteiger partial charge is 0.240 e. The van der Waals surface area contributed by atoms with Gasteiger partial charge in [0.1, 0.15) is 0 Å². The predicted molar refractivity (Wildman–Crippen MR) is 51.4 cm³/mol. The molecule has 0 unspecified atom stereocenters. The van der Waals surface area contributed by atoms with Gasteiger partial charge in [-0.05, 0) is 39.5 Å². The maximum absolute atomic E-state index is 11.7. The zero-order valence-corrected chi connectivity index (χ0v) is 8.39. The Hall–Kier alpha value is -0.570. The summed E-state index contributed by atoms with van der Waals surface area (Å²) in [6.45, 7) is 4.18. The summed E-state index contributed by atoms with van der Waals surface area (Å²) >= 11 is 0. The van der Waals surface area contributed by atoms with E-state index in [4.69, 9.17) is 0 Å². The molecule has 2 aliphatic carbocycles. The first kappa shape index (κ1) is 9.00. The van der Waals surface area contributed by atoms with Crippen molar-refractivity contribution in [3.8, 4) is 0 Å². The van der Waals surface area contributed by atoms with Crippen LogP contribution in [0.1, 0.15) is 39.5 Å². The number of nitrogens with one attached hydrogen (secondary N) is 2. The van der Waals surface area contributed by atoms with Crippen LogP contribution in [0.15, 0.2) is 0 Å². The fourth-order valence-electron chi connectivity index (χ4n) is 1.67. The monoisotopic (exact) mass is 182 g/mol. The zero-order valence-electron chi connectivity index (χ0n) is 8.39. The van der Waals surface area contributed by atoms with Gasteiger partial charge in [-0.25, -0.2) is 0 Å². The molecule has 2 rings (SSSR count). The lowest BCUT2D eigenvalue weighted by atomic mass is 10.2. The van der Waals surface area contributed by atoms with Gasteiger partial charge in [-0.1, -0.05) is 0 Å². The molecule has 1 amide bonds. The van der Waals surface area contributed by atoms with Crippen molar-refractivity contribution >= 4 is 5.91 Å². The maximum Gasteiger partial charge on any atom is 0.240 e. The number of hydrogen-bond acceptors (Lipinski definition) is 2. The minimum atomic E-state index is -0.198. The van der Waals surface area contributed by atoms with Crippen LogP contribution < -0.4 is 10.6 Å². The summed E-state index contributed by atoms with van der Waals surface area (Å²) in [4.78, 5) is 11.7. The van der Waals surface area contributed by atoms with Gasteiger partial charge in [-0.3, -0.25) is 4.79 Å². The zero-order chi connectivity index (χ0) is 9.47. The molecule has 2 saturated carbocycles. The highest BCUT2D eigenvalue weighted by Crippen LogP contribution is 2.37. The Bertz CT molecular complexity index is 217. The summed E-state index contributed by atoms with van der Waals surface area (Å²) in [5.41, 5.74) is -0.198. The minimum absolute atomic E-state index is 0.198. The van der Waals surface area contributed by atoms with Crippen LogP contribution in [0.3, 0.4) is 0 Å². The molecule has 3 heteroatoms. The van der Waals surface area contributed by atoms with Gasteiger partial charge in [0, 0.05) is 12.1 Å². The molecule has 13 heavy (non-hydrogen) atoms. The minimum Gasteiger partial charge on any atom is -0.352 e. The highest BCUT2D eigenvalue weighted by molar-refractivity contribution is 5.89. The Balaban J connectivity index is 1.86. The molecule has 0 radical (unpaired) electrons. The molecule has 0 atom stereocenters. The molecule has 2 aliphatic rings. The lowest BCUT2D eigenvalue weighted by molar-refractivity contribution is -0.124. The second kappa shape index (κ2) is 2.98. The summed E-state index contributed by atoms with van der Waals surface area (Å²) in [5, 5.41) is 6.41. The molecular weight excluding hydrogens is 164 g/mol. The largest absolute Gasteiger partial charge is 0.352 e. The van der Waals surface area contributed by atoms with Gasteiger partial charge in [-0.15, -0.1) is 0 Å². The van der Waals surface area contributed by atoms with Crippen LogP contribution in [0.2, 0.25) is 0 Å². The normalized spacial score (nSPS) is 24.5. The van der Waals surface area contributed by atoms with Crippen LogP contribution in [0.4, 0.5) is 0 Å². The van der Waals surface area contributed by atoms with E-state index in [1.165, 1.54) is 12.8 Å². The highest BCUT2D eigenvalue weighted by atomic mass is 16.2. The Labute approximate surface area is 79.3 Å². The summed E-state index contributed by atoms with van der Waals surface area (Å²) in [5.74, 6) is 0.226. The molecule has 0 saturated heterocycles. The van der Waals surface area contributed by atoms with Crippen molar-refractivity contribution in [2.45, 2.75) is 57.2 Å². The third-order valence-electron chi connectivity index (χ3n) is 2.66. The van der Waals surface area contributed by atoms with E-state index in [1.54, 1.807) is 0 Å². The van der Waals surface area contributed by atoms with E-state index in [0.717, 1.165) is 12.8 Å². The quantitative estimate of drug-likeness (QED) is 0.675. The van der Waals surface area contributed by atoms with E-state index < -0.39 is 0 Å². The molecule has 2 fully saturated rings. The van der Waals surface area contributed by atoms with Crippen LogP contribution in [-0.2, 0) is 4.79 Å². The Morgan fingerprint density at radius 3 is 2.38 bits per heavy atom. The molecule has 0 spiro atoms. The fraction of sp³-hybridized carbons (Fsp3) is 0.900. The summed E-state index contributed by atoms with van der Waals surface area (Å²) in [6, 6.07) is 0.881. The van der Waals surface area contributed by atoms with E-state index >= 15 is 0 Å². The van der Waals surface area contributed by atoms with E-state index in [0.29, 0.717) is 12.1 Å². The summed E-state index contributed by atoms with van der Waals surface area (Å²) < 4.78 is 0. The fourth-order valence-corrected chi connectivity index (χ4v) is 1.67. The summed E-state index contributed by atoms with van der Waals surface area (Å²) in [7, 11) is 0. The maximum atomic E-state index is 11.7. The lowest BCUT2D eigenvalue weighted by Gasteiger charge is -2.19. The molecular formula is C10H18N2O. The molecule has 0 aromatic rings. The van der Waals surface area contributed by atoms with E-state index in [9.17, 15) is 4.79 Å². The Kier molecular flexibility index (Phi) is 2.06. The van der Waals surface area contributed by atoms with Gasteiger partial charge in [0.15, 0.2) is 0 Å². The number of carbonyl (C=O) groups excluding carboxylic acids is 1. The van der Waals surface area contributed by atoms with Gasteiger partial charge >= 0.3 is 0 Å². The van der Waals surface area contributed by atoms with E-state index in [1.807, 2.05) is 0 Å². The first-order valence-electron chi connectivity index (χ1n) is 5.21. The molecule has 0 bridgehead atoms. The van der Waals surface area contributed by atoms with Crippen LogP contribution in [0.25, 0.3) is 0 Å². The highest BCUT2D eigenvalue weighted by Gasteiger charge is 2.50. The van der Waals surface area contributed by atoms with Crippen molar-refractivity contribution in [3.63, 3.8) is 0 Å². The average Bonchev–Trinajstić information content (AvgIpc) is 2.81. The molecule has 0 aromatic heterocycles. The molecule has 74 valence electrons. The van der Waals surface area contributed by atoms with Crippen molar-refractivity contribution in [2.75, 3.05) is 0 Å². The molecule has 0 aromatic carbocycles. The van der Waals surface area contributed by atoms with Crippen LogP contribution in [-0.4, -0.2) is 23.5 Å². The molecule has 3 nitrogen and oxygen atoms in total. The standard InChI is InChI=1S/C10H18N2O/c1-7(2)12-10(5-6-10)9(13)11-8-3-4-8/h7-8,12H,3-6H2,1-2H3,(H,11,13). The number of hydrogen-bond donors (Lipinski definition) is 2. The van der Waals surface area contributed by atoms with Crippen LogP contribution in [0, 0.1) is 0 Å². The van der Waals surface area contributed by atoms with Crippen molar-refractivity contribution in [1.29, 1.82) is 0 Å². The lowest BCUT2D eigenvalue weighted by Crippen LogP contribution is -2.49. The molecule has 0 aliphatic heterocycles. The first-order valence-corrected chi connectivity index (χ1v) is 5.21.